The first-order valence-corrected chi connectivity index (χ1v) is 7.88. The summed E-state index contributed by atoms with van der Waals surface area (Å²) < 4.78 is 5.61. The zero-order valence-electron chi connectivity index (χ0n) is 13.7. The maximum atomic E-state index is 5.61. The van der Waals surface area contributed by atoms with Crippen molar-refractivity contribution >= 4 is 0 Å². The summed E-state index contributed by atoms with van der Waals surface area (Å²) in [5, 5.41) is 0. The molecule has 0 aliphatic carbocycles. The lowest BCUT2D eigenvalue weighted by Gasteiger charge is -2.02. The van der Waals surface area contributed by atoms with Gasteiger partial charge in [-0.3, -0.25) is 0 Å². The summed E-state index contributed by atoms with van der Waals surface area (Å²) >= 11 is 0. The molecule has 20 heavy (non-hydrogen) atoms. The molecule has 1 saturated heterocycles. The minimum Gasteiger partial charge on any atom is -0.367 e. The molecule has 1 aliphatic rings. The average molecular weight is 274 g/mol. The van der Waals surface area contributed by atoms with Crippen LogP contribution in [0.5, 0.6) is 0 Å². The zero-order chi connectivity index (χ0) is 15.0. The van der Waals surface area contributed by atoms with Crippen molar-refractivity contribution < 1.29 is 4.74 Å². The van der Waals surface area contributed by atoms with E-state index in [4.69, 9.17) is 11.2 Å². The Morgan fingerprint density at radius 2 is 1.75 bits per heavy atom. The zero-order valence-corrected chi connectivity index (χ0v) is 13.7. The summed E-state index contributed by atoms with van der Waals surface area (Å²) in [5.41, 5.74) is 3.12. The SMILES string of the molecule is C#CCCC/C=C(\C)CC/C=C(\C)CCC1OC1(C)C. The summed E-state index contributed by atoms with van der Waals surface area (Å²) in [7, 11) is 0. The standard InChI is InChI=1S/C19H30O/c1-6-7-8-9-11-16(2)12-10-13-17(3)14-15-18-19(4,5)20-18/h1,11,13,18H,7-10,12,14-15H2,2-5H3/b16-11+,17-13+. The average Bonchev–Trinajstić information content (AvgIpc) is 3.00. The van der Waals surface area contributed by atoms with Crippen LogP contribution in [0.4, 0.5) is 0 Å². The van der Waals surface area contributed by atoms with Gasteiger partial charge >= 0.3 is 0 Å². The van der Waals surface area contributed by atoms with Crippen molar-refractivity contribution in [2.75, 3.05) is 0 Å². The predicted octanol–water partition coefficient (Wildman–Crippen LogP) is 5.42. The highest BCUT2D eigenvalue weighted by molar-refractivity contribution is 5.05. The highest BCUT2D eigenvalue weighted by atomic mass is 16.6. The second-order valence-electron chi connectivity index (χ2n) is 6.48. The maximum absolute atomic E-state index is 5.61. The number of rotatable bonds is 9. The molecule has 0 aromatic heterocycles. The maximum Gasteiger partial charge on any atom is 0.0892 e. The van der Waals surface area contributed by atoms with Crippen molar-refractivity contribution in [2.45, 2.75) is 84.3 Å². The van der Waals surface area contributed by atoms with Crippen LogP contribution in [-0.4, -0.2) is 11.7 Å². The lowest BCUT2D eigenvalue weighted by Crippen LogP contribution is -2.02. The van der Waals surface area contributed by atoms with Gasteiger partial charge in [0.2, 0.25) is 0 Å². The van der Waals surface area contributed by atoms with Crippen molar-refractivity contribution in [1.29, 1.82) is 0 Å². The minimum atomic E-state index is 0.137. The van der Waals surface area contributed by atoms with Gasteiger partial charge in [-0.1, -0.05) is 23.3 Å². The molecule has 1 aliphatic heterocycles. The van der Waals surface area contributed by atoms with Crippen molar-refractivity contribution in [3.63, 3.8) is 0 Å². The molecule has 112 valence electrons. The Kier molecular flexibility index (Phi) is 7.10. The van der Waals surface area contributed by atoms with Crippen molar-refractivity contribution in [3.05, 3.63) is 23.3 Å². The Morgan fingerprint density at radius 1 is 1.15 bits per heavy atom. The molecule has 1 rings (SSSR count). The van der Waals surface area contributed by atoms with Gasteiger partial charge in [-0.25, -0.2) is 0 Å². The highest BCUT2D eigenvalue weighted by Crippen LogP contribution is 2.38. The molecule has 0 radical (unpaired) electrons. The minimum absolute atomic E-state index is 0.137. The van der Waals surface area contributed by atoms with Crippen LogP contribution >= 0.6 is 0 Å². The number of terminal acetylenes is 1. The summed E-state index contributed by atoms with van der Waals surface area (Å²) in [6.07, 6.45) is 18.2. The third-order valence-electron chi connectivity index (χ3n) is 4.01. The van der Waals surface area contributed by atoms with Gasteiger partial charge in [0.05, 0.1) is 11.7 Å². The van der Waals surface area contributed by atoms with Gasteiger partial charge in [0.1, 0.15) is 0 Å². The fraction of sp³-hybridized carbons (Fsp3) is 0.684. The van der Waals surface area contributed by atoms with E-state index in [1.165, 1.54) is 24.0 Å². The highest BCUT2D eigenvalue weighted by Gasteiger charge is 2.46. The molecule has 0 amide bonds. The number of allylic oxidation sites excluding steroid dienone is 4. The molecule has 0 spiro atoms. The van der Waals surface area contributed by atoms with E-state index in [2.05, 4.69) is 45.8 Å². The van der Waals surface area contributed by atoms with E-state index in [9.17, 15) is 0 Å². The number of ether oxygens (including phenoxy) is 1. The van der Waals surface area contributed by atoms with Gasteiger partial charge < -0.3 is 4.74 Å². The van der Waals surface area contributed by atoms with Crippen molar-refractivity contribution in [1.82, 2.24) is 0 Å². The van der Waals surface area contributed by atoms with Crippen LogP contribution in [0, 0.1) is 12.3 Å². The smallest absolute Gasteiger partial charge is 0.0892 e. The topological polar surface area (TPSA) is 12.5 Å². The van der Waals surface area contributed by atoms with Crippen LogP contribution < -0.4 is 0 Å². The Morgan fingerprint density at radius 3 is 2.35 bits per heavy atom. The quantitative estimate of drug-likeness (QED) is 0.237. The van der Waals surface area contributed by atoms with E-state index in [1.54, 1.807) is 0 Å². The van der Waals surface area contributed by atoms with Crippen LogP contribution in [0.2, 0.25) is 0 Å². The molecule has 1 heterocycles. The Labute approximate surface area is 125 Å². The van der Waals surface area contributed by atoms with Crippen LogP contribution in [-0.2, 0) is 4.74 Å². The lowest BCUT2D eigenvalue weighted by molar-refractivity contribution is 0.320. The fourth-order valence-electron chi connectivity index (χ4n) is 2.40. The molecule has 1 fully saturated rings. The van der Waals surface area contributed by atoms with Crippen LogP contribution in [0.3, 0.4) is 0 Å². The number of hydrogen-bond acceptors (Lipinski definition) is 1. The Balaban J connectivity index is 2.11. The van der Waals surface area contributed by atoms with E-state index >= 15 is 0 Å². The number of unbranched alkanes of at least 4 members (excludes halogenated alkanes) is 2. The lowest BCUT2D eigenvalue weighted by atomic mass is 10.0. The summed E-state index contributed by atoms with van der Waals surface area (Å²) in [6.45, 7) is 8.80. The van der Waals surface area contributed by atoms with Gasteiger partial charge in [-0.2, -0.15) is 0 Å². The summed E-state index contributed by atoms with van der Waals surface area (Å²) in [4.78, 5) is 0. The molecule has 0 N–H and O–H groups in total. The Bertz CT molecular complexity index is 392. The molecule has 0 saturated carbocycles. The van der Waals surface area contributed by atoms with E-state index < -0.39 is 0 Å². The molecule has 0 bridgehead atoms. The van der Waals surface area contributed by atoms with Gasteiger partial charge in [0.25, 0.3) is 0 Å². The Hall–Kier alpha value is -1.00. The largest absolute Gasteiger partial charge is 0.367 e. The number of epoxide rings is 1. The van der Waals surface area contributed by atoms with Gasteiger partial charge in [0, 0.05) is 6.42 Å². The van der Waals surface area contributed by atoms with Crippen molar-refractivity contribution in [3.8, 4) is 12.3 Å². The van der Waals surface area contributed by atoms with E-state index in [-0.39, 0.29) is 5.60 Å². The summed E-state index contributed by atoms with van der Waals surface area (Å²) in [6, 6.07) is 0. The first kappa shape index (κ1) is 17.1. The molecule has 0 aromatic carbocycles. The second-order valence-corrected chi connectivity index (χ2v) is 6.48. The van der Waals surface area contributed by atoms with Gasteiger partial charge in [-0.15, -0.1) is 12.3 Å². The van der Waals surface area contributed by atoms with E-state index in [1.807, 2.05) is 0 Å². The van der Waals surface area contributed by atoms with E-state index in [0.717, 1.165) is 32.1 Å². The molecule has 0 aromatic rings. The van der Waals surface area contributed by atoms with Crippen molar-refractivity contribution in [2.24, 2.45) is 0 Å². The summed E-state index contributed by atoms with van der Waals surface area (Å²) in [5.74, 6) is 2.68. The molecule has 1 atom stereocenters. The van der Waals surface area contributed by atoms with Crippen LogP contribution in [0.25, 0.3) is 0 Å². The third-order valence-corrected chi connectivity index (χ3v) is 4.01. The monoisotopic (exact) mass is 274 g/mol. The molecular formula is C19H30O. The van der Waals surface area contributed by atoms with Gasteiger partial charge in [-0.05, 0) is 66.2 Å². The fourth-order valence-corrected chi connectivity index (χ4v) is 2.40. The normalized spacial score (nSPS) is 21.6. The second kappa shape index (κ2) is 8.32. The molecular weight excluding hydrogens is 244 g/mol. The van der Waals surface area contributed by atoms with Crippen LogP contribution in [0.15, 0.2) is 23.3 Å². The third kappa shape index (κ3) is 6.96. The van der Waals surface area contributed by atoms with Gasteiger partial charge in [0.15, 0.2) is 0 Å². The number of hydrogen-bond donors (Lipinski definition) is 0. The predicted molar refractivity (Wildman–Crippen MR) is 87.6 cm³/mol. The molecule has 1 heteroatoms. The van der Waals surface area contributed by atoms with E-state index in [0.29, 0.717) is 6.10 Å². The first-order valence-electron chi connectivity index (χ1n) is 7.88. The molecule has 1 nitrogen and oxygen atoms in total. The molecule has 1 unspecified atom stereocenters. The van der Waals surface area contributed by atoms with Crippen LogP contribution in [0.1, 0.15) is 72.6 Å². The first-order chi connectivity index (χ1) is 9.45.